The zero-order valence-electron chi connectivity index (χ0n) is 18.8. The van der Waals surface area contributed by atoms with Crippen LogP contribution in [0, 0.1) is 11.3 Å². The summed E-state index contributed by atoms with van der Waals surface area (Å²) in [6.07, 6.45) is 7.16. The van der Waals surface area contributed by atoms with Gasteiger partial charge in [-0.3, -0.25) is 9.59 Å². The van der Waals surface area contributed by atoms with E-state index in [2.05, 4.69) is 10.5 Å². The van der Waals surface area contributed by atoms with Crippen LogP contribution in [0.4, 0.5) is 0 Å². The number of carbonyl (C=O) groups excluding carboxylic acids is 2. The summed E-state index contributed by atoms with van der Waals surface area (Å²) in [4.78, 5) is 33.7. The van der Waals surface area contributed by atoms with Crippen molar-refractivity contribution in [1.82, 2.24) is 10.2 Å². The van der Waals surface area contributed by atoms with Crippen LogP contribution >= 0.6 is 0 Å². The van der Waals surface area contributed by atoms with Gasteiger partial charge in [0.05, 0.1) is 11.1 Å². The highest BCUT2D eigenvalue weighted by Gasteiger charge is 2.46. The van der Waals surface area contributed by atoms with Gasteiger partial charge in [0.15, 0.2) is 0 Å². The number of nitrogens with one attached hydrogen (secondary N) is 1. The Morgan fingerprint density at radius 1 is 1.16 bits per heavy atom. The Labute approximate surface area is 185 Å². The van der Waals surface area contributed by atoms with E-state index in [1.54, 1.807) is 0 Å². The van der Waals surface area contributed by atoms with Crippen LogP contribution in [-0.2, 0) is 14.4 Å². The first-order valence-corrected chi connectivity index (χ1v) is 11.8. The number of hydrogen-bond donors (Lipinski definition) is 1. The molecule has 1 aliphatic carbocycles. The van der Waals surface area contributed by atoms with Crippen LogP contribution in [-0.4, -0.2) is 47.7 Å². The summed E-state index contributed by atoms with van der Waals surface area (Å²) in [5.74, 6) is 0.309. The zero-order valence-corrected chi connectivity index (χ0v) is 18.8. The molecule has 4 rings (SSSR count). The highest BCUT2D eigenvalue weighted by atomic mass is 16.6. The average Bonchev–Trinajstić information content (AvgIpc) is 3.46. The molecule has 1 saturated carbocycles. The lowest BCUT2D eigenvalue weighted by atomic mass is 9.72. The molecule has 6 heteroatoms. The topological polar surface area (TPSA) is 71.0 Å². The Bertz CT molecular complexity index is 807. The first-order chi connectivity index (χ1) is 15.0. The van der Waals surface area contributed by atoms with E-state index in [4.69, 9.17) is 4.84 Å². The third-order valence-electron chi connectivity index (χ3n) is 7.16. The normalized spacial score (nSPS) is 23.5. The van der Waals surface area contributed by atoms with Crippen molar-refractivity contribution < 1.29 is 14.4 Å². The summed E-state index contributed by atoms with van der Waals surface area (Å²) in [5.41, 5.74) is 1.53. The number of amides is 2. The molecule has 2 amide bonds. The number of carbonyl (C=O) groups is 2. The number of piperidine rings is 1. The summed E-state index contributed by atoms with van der Waals surface area (Å²) in [7, 11) is 0. The Hall–Kier alpha value is -2.37. The Morgan fingerprint density at radius 3 is 2.48 bits per heavy atom. The Kier molecular flexibility index (Phi) is 6.63. The van der Waals surface area contributed by atoms with Gasteiger partial charge in [0.2, 0.25) is 11.8 Å². The fourth-order valence-electron chi connectivity index (χ4n) is 5.23. The van der Waals surface area contributed by atoms with Crippen LogP contribution in [0.2, 0.25) is 0 Å². The van der Waals surface area contributed by atoms with Crippen LogP contribution in [0.1, 0.15) is 70.8 Å². The summed E-state index contributed by atoms with van der Waals surface area (Å²) in [5, 5.41) is 7.67. The standard InChI is InChI=1S/C25H35N3O3/c1-18(2)23(29)28-14-12-25(13-15-28,24(30)26-20-10-6-7-11-20)17-21-16-22(27-31-21)19-8-4-3-5-9-19/h3-5,8-9,18,20-21H,6-7,10-17H2,1-2H3,(H,26,30)/t21-/m1/s1. The van der Waals surface area contributed by atoms with E-state index >= 15 is 0 Å². The lowest BCUT2D eigenvalue weighted by Gasteiger charge is -2.42. The number of nitrogens with zero attached hydrogens (tertiary/aromatic N) is 2. The Balaban J connectivity index is 1.44. The van der Waals surface area contributed by atoms with Gasteiger partial charge >= 0.3 is 0 Å². The van der Waals surface area contributed by atoms with Gasteiger partial charge in [0, 0.05) is 37.9 Å². The van der Waals surface area contributed by atoms with Crippen molar-refractivity contribution in [3.05, 3.63) is 35.9 Å². The molecule has 0 radical (unpaired) electrons. The van der Waals surface area contributed by atoms with Crippen LogP contribution in [0.25, 0.3) is 0 Å². The van der Waals surface area contributed by atoms with Gasteiger partial charge in [0.25, 0.3) is 0 Å². The monoisotopic (exact) mass is 425 g/mol. The molecule has 1 saturated heterocycles. The second kappa shape index (κ2) is 9.41. The molecule has 2 fully saturated rings. The van der Waals surface area contributed by atoms with Gasteiger partial charge < -0.3 is 15.1 Å². The highest BCUT2D eigenvalue weighted by Crippen LogP contribution is 2.40. The van der Waals surface area contributed by atoms with Crippen molar-refractivity contribution in [1.29, 1.82) is 0 Å². The molecule has 31 heavy (non-hydrogen) atoms. The van der Waals surface area contributed by atoms with E-state index in [-0.39, 0.29) is 23.8 Å². The van der Waals surface area contributed by atoms with Crippen LogP contribution in [0.3, 0.4) is 0 Å². The molecule has 6 nitrogen and oxygen atoms in total. The molecule has 168 valence electrons. The summed E-state index contributed by atoms with van der Waals surface area (Å²) >= 11 is 0. The minimum absolute atomic E-state index is 0.0141. The third-order valence-corrected chi connectivity index (χ3v) is 7.16. The number of hydrogen-bond acceptors (Lipinski definition) is 4. The van der Waals surface area contributed by atoms with Crippen LogP contribution in [0.5, 0.6) is 0 Å². The molecule has 0 bridgehead atoms. The van der Waals surface area contributed by atoms with Crippen molar-refractivity contribution in [2.75, 3.05) is 13.1 Å². The molecule has 1 N–H and O–H groups in total. The molecular formula is C25H35N3O3. The molecule has 2 aliphatic heterocycles. The summed E-state index contributed by atoms with van der Waals surface area (Å²) < 4.78 is 0. The molecule has 1 aromatic carbocycles. The molecule has 3 aliphatic rings. The Morgan fingerprint density at radius 2 is 1.84 bits per heavy atom. The number of oxime groups is 1. The van der Waals surface area contributed by atoms with E-state index in [1.807, 2.05) is 49.1 Å². The predicted octanol–water partition coefficient (Wildman–Crippen LogP) is 3.89. The van der Waals surface area contributed by atoms with Gasteiger partial charge in [-0.25, -0.2) is 0 Å². The molecule has 1 atom stereocenters. The zero-order chi connectivity index (χ0) is 21.8. The quantitative estimate of drug-likeness (QED) is 0.752. The number of rotatable bonds is 6. The first-order valence-electron chi connectivity index (χ1n) is 11.8. The van der Waals surface area contributed by atoms with Crippen molar-refractivity contribution in [2.24, 2.45) is 16.5 Å². The van der Waals surface area contributed by atoms with E-state index in [9.17, 15) is 9.59 Å². The van der Waals surface area contributed by atoms with Gasteiger partial charge in [-0.1, -0.05) is 62.2 Å². The van der Waals surface area contributed by atoms with Crippen molar-refractivity contribution in [3.63, 3.8) is 0 Å². The predicted molar refractivity (Wildman–Crippen MR) is 121 cm³/mol. The highest BCUT2D eigenvalue weighted by molar-refractivity contribution is 6.01. The maximum Gasteiger partial charge on any atom is 0.226 e. The summed E-state index contributed by atoms with van der Waals surface area (Å²) in [6.45, 7) is 5.14. The fraction of sp³-hybridized carbons (Fsp3) is 0.640. The van der Waals surface area contributed by atoms with Crippen molar-refractivity contribution in [3.8, 4) is 0 Å². The lowest BCUT2D eigenvalue weighted by Crippen LogP contribution is -2.53. The summed E-state index contributed by atoms with van der Waals surface area (Å²) in [6, 6.07) is 10.4. The molecule has 0 unspecified atom stereocenters. The fourth-order valence-corrected chi connectivity index (χ4v) is 5.23. The maximum atomic E-state index is 13.5. The second-order valence-corrected chi connectivity index (χ2v) is 9.75. The lowest BCUT2D eigenvalue weighted by molar-refractivity contribution is -0.144. The largest absolute Gasteiger partial charge is 0.392 e. The van der Waals surface area contributed by atoms with E-state index in [1.165, 1.54) is 12.8 Å². The molecule has 1 aromatic rings. The van der Waals surface area contributed by atoms with Gasteiger partial charge in [-0.15, -0.1) is 0 Å². The van der Waals surface area contributed by atoms with Gasteiger partial charge in [-0.2, -0.15) is 0 Å². The first kappa shape index (κ1) is 21.8. The number of benzene rings is 1. The number of likely N-dealkylation sites (tertiary alicyclic amines) is 1. The minimum Gasteiger partial charge on any atom is -0.392 e. The average molecular weight is 426 g/mol. The smallest absolute Gasteiger partial charge is 0.226 e. The van der Waals surface area contributed by atoms with Crippen molar-refractivity contribution in [2.45, 2.75) is 77.4 Å². The van der Waals surface area contributed by atoms with Crippen molar-refractivity contribution >= 4 is 17.5 Å². The minimum atomic E-state index is -0.497. The molecule has 0 aromatic heterocycles. The molecule has 0 spiro atoms. The van der Waals surface area contributed by atoms with E-state index < -0.39 is 5.41 Å². The SMILES string of the molecule is CC(C)C(=O)N1CCC(C[C@H]2CC(c3ccccc3)=NO2)(C(=O)NC2CCCC2)CC1. The van der Waals surface area contributed by atoms with Gasteiger partial charge in [0.1, 0.15) is 6.10 Å². The van der Waals surface area contributed by atoms with Crippen LogP contribution < -0.4 is 5.32 Å². The molecule has 2 heterocycles. The second-order valence-electron chi connectivity index (χ2n) is 9.75. The van der Waals surface area contributed by atoms with Gasteiger partial charge in [-0.05, 0) is 31.2 Å². The maximum absolute atomic E-state index is 13.5. The van der Waals surface area contributed by atoms with E-state index in [0.717, 1.165) is 30.5 Å². The third kappa shape index (κ3) is 4.94. The van der Waals surface area contributed by atoms with E-state index in [0.29, 0.717) is 38.4 Å². The molecular weight excluding hydrogens is 390 g/mol. The van der Waals surface area contributed by atoms with Crippen LogP contribution in [0.15, 0.2) is 35.5 Å².